The van der Waals surface area contributed by atoms with E-state index in [1.165, 1.54) is 6.07 Å². The van der Waals surface area contributed by atoms with E-state index in [0.29, 0.717) is 24.9 Å². The minimum Gasteiger partial charge on any atom is -0.496 e. The molecule has 2 aromatic carbocycles. The monoisotopic (exact) mass is 384 g/mol. The van der Waals surface area contributed by atoms with Crippen LogP contribution >= 0.6 is 0 Å². The predicted octanol–water partition coefficient (Wildman–Crippen LogP) is 3.89. The first kappa shape index (κ1) is 20.3. The third-order valence-corrected chi connectivity index (χ3v) is 5.57. The number of hydrogen-bond acceptors (Lipinski definition) is 3. The Kier molecular flexibility index (Phi) is 7.04. The average molecular weight is 384 g/mol. The van der Waals surface area contributed by atoms with Gasteiger partial charge in [0.2, 0.25) is 5.91 Å². The van der Waals surface area contributed by atoms with Gasteiger partial charge in [0.15, 0.2) is 0 Å². The van der Waals surface area contributed by atoms with E-state index in [2.05, 4.69) is 4.90 Å². The summed E-state index contributed by atoms with van der Waals surface area (Å²) in [4.78, 5) is 16.9. The molecule has 0 N–H and O–H groups in total. The van der Waals surface area contributed by atoms with Gasteiger partial charge in [-0.25, -0.2) is 4.39 Å². The average Bonchev–Trinajstić information content (AvgIpc) is 2.73. The van der Waals surface area contributed by atoms with Gasteiger partial charge in [0.1, 0.15) is 11.6 Å². The molecule has 5 heteroatoms. The van der Waals surface area contributed by atoms with Crippen molar-refractivity contribution in [2.24, 2.45) is 0 Å². The van der Waals surface area contributed by atoms with Crippen LogP contribution in [0.15, 0.2) is 48.5 Å². The van der Waals surface area contributed by atoms with Gasteiger partial charge in [-0.05, 0) is 43.5 Å². The molecule has 0 bridgehead atoms. The lowest BCUT2D eigenvalue weighted by Gasteiger charge is -2.37. The largest absolute Gasteiger partial charge is 0.496 e. The summed E-state index contributed by atoms with van der Waals surface area (Å²) in [6.45, 7) is 2.31. The molecule has 1 amide bonds. The fourth-order valence-electron chi connectivity index (χ4n) is 3.89. The van der Waals surface area contributed by atoms with E-state index in [-0.39, 0.29) is 17.8 Å². The summed E-state index contributed by atoms with van der Waals surface area (Å²) in [7, 11) is 3.54. The van der Waals surface area contributed by atoms with Gasteiger partial charge in [0.25, 0.3) is 0 Å². The third-order valence-electron chi connectivity index (χ3n) is 5.57. The molecule has 1 fully saturated rings. The standard InChI is InChI=1S/C23H29FN2O2/c1-25(23(27)14-13-18-8-4-6-12-22(18)28-2)20-10-7-15-26(17-20)16-19-9-3-5-11-21(19)24/h3-6,8-9,11-12,20H,7,10,13-17H2,1-2H3/t20-/m1/s1. The molecule has 28 heavy (non-hydrogen) atoms. The minimum atomic E-state index is -0.161. The zero-order valence-corrected chi connectivity index (χ0v) is 16.7. The molecule has 0 radical (unpaired) electrons. The summed E-state index contributed by atoms with van der Waals surface area (Å²) in [5, 5.41) is 0. The van der Waals surface area contributed by atoms with Crippen molar-refractivity contribution in [2.75, 3.05) is 27.2 Å². The molecular weight excluding hydrogens is 355 g/mol. The highest BCUT2D eigenvalue weighted by molar-refractivity contribution is 5.76. The molecule has 1 atom stereocenters. The Bertz CT molecular complexity index is 796. The van der Waals surface area contributed by atoms with Crippen molar-refractivity contribution < 1.29 is 13.9 Å². The van der Waals surface area contributed by atoms with Gasteiger partial charge in [-0.1, -0.05) is 36.4 Å². The second-order valence-corrected chi connectivity index (χ2v) is 7.44. The fourth-order valence-corrected chi connectivity index (χ4v) is 3.89. The summed E-state index contributed by atoms with van der Waals surface area (Å²) in [6, 6.07) is 14.9. The number of likely N-dealkylation sites (tertiary alicyclic amines) is 1. The van der Waals surface area contributed by atoms with Gasteiger partial charge < -0.3 is 9.64 Å². The highest BCUT2D eigenvalue weighted by atomic mass is 19.1. The van der Waals surface area contributed by atoms with Crippen LogP contribution in [0.25, 0.3) is 0 Å². The molecule has 1 saturated heterocycles. The number of piperidine rings is 1. The number of halogens is 1. The molecule has 2 aromatic rings. The number of likely N-dealkylation sites (N-methyl/N-ethyl adjacent to an activating group) is 1. The number of ether oxygens (including phenoxy) is 1. The number of aryl methyl sites for hydroxylation is 1. The van der Waals surface area contributed by atoms with Crippen molar-refractivity contribution in [3.8, 4) is 5.75 Å². The Morgan fingerprint density at radius 1 is 1.18 bits per heavy atom. The van der Waals surface area contributed by atoms with Crippen LogP contribution in [-0.2, 0) is 17.8 Å². The zero-order valence-electron chi connectivity index (χ0n) is 16.7. The first-order valence-electron chi connectivity index (χ1n) is 9.92. The topological polar surface area (TPSA) is 32.8 Å². The Hall–Kier alpha value is -2.40. The van der Waals surface area contributed by atoms with Crippen LogP contribution in [0.5, 0.6) is 5.75 Å². The van der Waals surface area contributed by atoms with Crippen LogP contribution in [0.2, 0.25) is 0 Å². The van der Waals surface area contributed by atoms with Gasteiger partial charge >= 0.3 is 0 Å². The summed E-state index contributed by atoms with van der Waals surface area (Å²) >= 11 is 0. The molecule has 3 rings (SSSR count). The fraction of sp³-hybridized carbons (Fsp3) is 0.435. The van der Waals surface area contributed by atoms with Crippen LogP contribution < -0.4 is 4.74 Å². The smallest absolute Gasteiger partial charge is 0.222 e. The zero-order chi connectivity index (χ0) is 19.9. The maximum Gasteiger partial charge on any atom is 0.222 e. The molecule has 0 saturated carbocycles. The summed E-state index contributed by atoms with van der Waals surface area (Å²) < 4.78 is 19.3. The first-order chi connectivity index (χ1) is 13.6. The van der Waals surface area contributed by atoms with Crippen LogP contribution in [0, 0.1) is 5.82 Å². The van der Waals surface area contributed by atoms with Gasteiger partial charge in [0, 0.05) is 38.2 Å². The van der Waals surface area contributed by atoms with E-state index < -0.39 is 0 Å². The maximum absolute atomic E-state index is 14.0. The molecule has 4 nitrogen and oxygen atoms in total. The van der Waals surface area contributed by atoms with Crippen LogP contribution in [-0.4, -0.2) is 49.0 Å². The molecule has 0 aromatic heterocycles. The molecular formula is C23H29FN2O2. The Morgan fingerprint density at radius 3 is 2.64 bits per heavy atom. The number of carbonyl (C=O) groups is 1. The lowest BCUT2D eigenvalue weighted by atomic mass is 10.0. The van der Waals surface area contributed by atoms with E-state index in [0.717, 1.165) is 37.2 Å². The first-order valence-corrected chi connectivity index (χ1v) is 9.92. The summed E-state index contributed by atoms with van der Waals surface area (Å²) in [6.07, 6.45) is 3.13. The Morgan fingerprint density at radius 2 is 1.89 bits per heavy atom. The Balaban J connectivity index is 1.55. The number of methoxy groups -OCH3 is 1. The normalized spacial score (nSPS) is 17.3. The van der Waals surface area contributed by atoms with E-state index >= 15 is 0 Å². The number of rotatable bonds is 7. The number of carbonyl (C=O) groups excluding carboxylic acids is 1. The van der Waals surface area contributed by atoms with Crippen molar-refractivity contribution >= 4 is 5.91 Å². The maximum atomic E-state index is 14.0. The molecule has 0 unspecified atom stereocenters. The van der Waals surface area contributed by atoms with Crippen molar-refractivity contribution in [3.05, 3.63) is 65.5 Å². The minimum absolute atomic E-state index is 0.142. The van der Waals surface area contributed by atoms with Gasteiger partial charge in [0.05, 0.1) is 7.11 Å². The summed E-state index contributed by atoms with van der Waals surface area (Å²) in [5.74, 6) is 0.807. The SMILES string of the molecule is COc1ccccc1CCC(=O)N(C)[C@@H]1CCCN(Cc2ccccc2F)C1. The number of nitrogens with zero attached hydrogens (tertiary/aromatic N) is 2. The predicted molar refractivity (Wildman–Crippen MR) is 109 cm³/mol. The van der Waals surface area contributed by atoms with Crippen LogP contribution in [0.1, 0.15) is 30.4 Å². The van der Waals surface area contributed by atoms with E-state index in [1.807, 2.05) is 48.3 Å². The molecule has 1 heterocycles. The van der Waals surface area contributed by atoms with Gasteiger partial charge in [-0.15, -0.1) is 0 Å². The molecule has 1 aliphatic heterocycles. The van der Waals surface area contributed by atoms with E-state index in [4.69, 9.17) is 4.74 Å². The van der Waals surface area contributed by atoms with Crippen molar-refractivity contribution in [1.82, 2.24) is 9.80 Å². The second kappa shape index (κ2) is 9.69. The number of amides is 1. The highest BCUT2D eigenvalue weighted by Crippen LogP contribution is 2.21. The molecule has 0 spiro atoms. The van der Waals surface area contributed by atoms with Crippen LogP contribution in [0.3, 0.4) is 0 Å². The number of benzene rings is 2. The number of para-hydroxylation sites is 1. The van der Waals surface area contributed by atoms with Gasteiger partial charge in [-0.2, -0.15) is 0 Å². The molecule has 150 valence electrons. The molecule has 0 aliphatic carbocycles. The molecule has 1 aliphatic rings. The lowest BCUT2D eigenvalue weighted by Crippen LogP contribution is -2.48. The van der Waals surface area contributed by atoms with Crippen molar-refractivity contribution in [1.29, 1.82) is 0 Å². The quantitative estimate of drug-likeness (QED) is 0.726. The lowest BCUT2D eigenvalue weighted by molar-refractivity contribution is -0.133. The Labute approximate surface area is 166 Å². The number of hydrogen-bond donors (Lipinski definition) is 0. The van der Waals surface area contributed by atoms with Gasteiger partial charge in [-0.3, -0.25) is 9.69 Å². The van der Waals surface area contributed by atoms with Crippen LogP contribution in [0.4, 0.5) is 4.39 Å². The van der Waals surface area contributed by atoms with E-state index in [9.17, 15) is 9.18 Å². The summed E-state index contributed by atoms with van der Waals surface area (Å²) in [5.41, 5.74) is 1.77. The van der Waals surface area contributed by atoms with Crippen molar-refractivity contribution in [2.45, 2.75) is 38.3 Å². The third kappa shape index (κ3) is 5.10. The highest BCUT2D eigenvalue weighted by Gasteiger charge is 2.26. The van der Waals surface area contributed by atoms with Crippen molar-refractivity contribution in [3.63, 3.8) is 0 Å². The van der Waals surface area contributed by atoms with E-state index in [1.54, 1.807) is 13.2 Å². The second-order valence-electron chi connectivity index (χ2n) is 7.44.